The number of H-pyrrole nitrogens is 1. The van der Waals surface area contributed by atoms with E-state index in [0.717, 1.165) is 63.3 Å². The molecule has 0 bridgehead atoms. The van der Waals surface area contributed by atoms with E-state index in [1.807, 2.05) is 42.5 Å². The molecule has 0 saturated carbocycles. The molecule has 2 aromatic heterocycles. The van der Waals surface area contributed by atoms with Crippen molar-refractivity contribution in [2.75, 3.05) is 11.9 Å². The SMILES string of the molecule is c1ccc(C2CCCOc3c(Nc4ccc5ccccc5n4)cc(-c4ccccc4-c4nn[nH]n4)cc32)cc1. The fourth-order valence-electron chi connectivity index (χ4n) is 5.45. The zero-order valence-corrected chi connectivity index (χ0v) is 21.2. The van der Waals surface area contributed by atoms with Gasteiger partial charge in [0, 0.05) is 22.4 Å². The van der Waals surface area contributed by atoms with Gasteiger partial charge in [-0.25, -0.2) is 4.98 Å². The van der Waals surface area contributed by atoms with E-state index in [4.69, 9.17) is 9.72 Å². The first-order valence-electron chi connectivity index (χ1n) is 13.2. The predicted molar refractivity (Wildman–Crippen MR) is 153 cm³/mol. The van der Waals surface area contributed by atoms with Crippen LogP contribution in [0.1, 0.15) is 29.9 Å². The summed E-state index contributed by atoms with van der Waals surface area (Å²) in [4.78, 5) is 4.88. The van der Waals surface area contributed by atoms with E-state index in [1.54, 1.807) is 0 Å². The van der Waals surface area contributed by atoms with Crippen molar-refractivity contribution in [1.82, 2.24) is 25.6 Å². The fourth-order valence-corrected chi connectivity index (χ4v) is 5.45. The average molecular weight is 511 g/mol. The van der Waals surface area contributed by atoms with Crippen LogP contribution in [0.15, 0.2) is 103 Å². The highest BCUT2D eigenvalue weighted by Crippen LogP contribution is 2.46. The van der Waals surface area contributed by atoms with Gasteiger partial charge in [-0.2, -0.15) is 5.21 Å². The average Bonchev–Trinajstić information content (AvgIpc) is 3.44. The van der Waals surface area contributed by atoms with E-state index in [2.05, 4.69) is 86.6 Å². The lowest BCUT2D eigenvalue weighted by Crippen LogP contribution is -2.05. The molecule has 39 heavy (non-hydrogen) atoms. The van der Waals surface area contributed by atoms with E-state index in [1.165, 1.54) is 5.56 Å². The number of hydrogen-bond donors (Lipinski definition) is 2. The molecular formula is C32H26N6O. The first kappa shape index (κ1) is 23.1. The molecule has 3 heterocycles. The summed E-state index contributed by atoms with van der Waals surface area (Å²) < 4.78 is 6.45. The summed E-state index contributed by atoms with van der Waals surface area (Å²) >= 11 is 0. The second-order valence-electron chi connectivity index (χ2n) is 9.69. The number of nitrogens with one attached hydrogen (secondary N) is 2. The van der Waals surface area contributed by atoms with Crippen LogP contribution in [-0.4, -0.2) is 32.2 Å². The number of tetrazole rings is 1. The Morgan fingerprint density at radius 2 is 1.64 bits per heavy atom. The van der Waals surface area contributed by atoms with E-state index in [0.29, 0.717) is 12.4 Å². The van der Waals surface area contributed by atoms with Crippen molar-refractivity contribution in [3.05, 3.63) is 114 Å². The maximum atomic E-state index is 6.45. The van der Waals surface area contributed by atoms with Gasteiger partial charge in [-0.1, -0.05) is 72.8 Å². The van der Waals surface area contributed by atoms with Crippen molar-refractivity contribution in [3.8, 4) is 28.3 Å². The number of pyridine rings is 1. The van der Waals surface area contributed by atoms with Crippen LogP contribution in [0.3, 0.4) is 0 Å². The number of ether oxygens (including phenoxy) is 1. The number of para-hydroxylation sites is 1. The standard InChI is InChI=1S/C32H26N6O/c1-2-9-21(10-3-1)24-14-8-18-39-31-27(24)19-23(25-12-5-6-13-26(25)32-35-37-38-36-32)20-29(31)34-30-17-16-22-11-4-7-15-28(22)33-30/h1-7,9-13,15-17,19-20,24H,8,14,18H2,(H,33,34)(H,35,36,37,38). The Hall–Kier alpha value is -5.04. The molecule has 0 aliphatic carbocycles. The van der Waals surface area contributed by atoms with Crippen LogP contribution in [0.5, 0.6) is 5.75 Å². The molecule has 1 atom stereocenters. The Morgan fingerprint density at radius 3 is 2.51 bits per heavy atom. The minimum Gasteiger partial charge on any atom is -0.491 e. The molecule has 4 aromatic carbocycles. The van der Waals surface area contributed by atoms with Crippen LogP contribution in [0.2, 0.25) is 0 Å². The summed E-state index contributed by atoms with van der Waals surface area (Å²) in [6.07, 6.45) is 1.97. The third kappa shape index (κ3) is 4.48. The molecule has 0 radical (unpaired) electrons. The Labute approximate surface area is 225 Å². The number of benzene rings is 4. The number of aromatic amines is 1. The number of hydrogen-bond acceptors (Lipinski definition) is 6. The minimum atomic E-state index is 0.200. The monoisotopic (exact) mass is 510 g/mol. The van der Waals surface area contributed by atoms with Gasteiger partial charge in [-0.3, -0.25) is 0 Å². The summed E-state index contributed by atoms with van der Waals surface area (Å²) in [5, 5.41) is 19.6. The molecular weight excluding hydrogens is 484 g/mol. The number of anilines is 2. The fraction of sp³-hybridized carbons (Fsp3) is 0.125. The zero-order valence-electron chi connectivity index (χ0n) is 21.2. The normalized spacial score (nSPS) is 14.8. The quantitative estimate of drug-likeness (QED) is 0.256. The van der Waals surface area contributed by atoms with Crippen LogP contribution in [0.4, 0.5) is 11.5 Å². The van der Waals surface area contributed by atoms with Gasteiger partial charge >= 0.3 is 0 Å². The molecule has 1 unspecified atom stereocenters. The molecule has 0 spiro atoms. The molecule has 1 aliphatic rings. The summed E-state index contributed by atoms with van der Waals surface area (Å²) in [7, 11) is 0. The van der Waals surface area contributed by atoms with Gasteiger partial charge in [-0.15, -0.1) is 10.2 Å². The molecule has 6 aromatic rings. The maximum absolute atomic E-state index is 6.45. The Bertz CT molecular complexity index is 1750. The van der Waals surface area contributed by atoms with E-state index in [-0.39, 0.29) is 5.92 Å². The van der Waals surface area contributed by atoms with Gasteiger partial charge in [-0.05, 0) is 65.1 Å². The molecule has 0 amide bonds. The van der Waals surface area contributed by atoms with Crippen molar-refractivity contribution in [2.24, 2.45) is 0 Å². The van der Waals surface area contributed by atoms with Crippen molar-refractivity contribution in [2.45, 2.75) is 18.8 Å². The first-order valence-corrected chi connectivity index (χ1v) is 13.2. The molecule has 7 nitrogen and oxygen atoms in total. The van der Waals surface area contributed by atoms with Gasteiger partial charge in [0.15, 0.2) is 0 Å². The molecule has 7 heteroatoms. The van der Waals surface area contributed by atoms with Crippen LogP contribution in [0, 0.1) is 0 Å². The lowest BCUT2D eigenvalue weighted by molar-refractivity contribution is 0.318. The van der Waals surface area contributed by atoms with Gasteiger partial charge in [0.25, 0.3) is 0 Å². The lowest BCUT2D eigenvalue weighted by atomic mass is 9.85. The van der Waals surface area contributed by atoms with Crippen molar-refractivity contribution in [3.63, 3.8) is 0 Å². The van der Waals surface area contributed by atoms with Crippen molar-refractivity contribution >= 4 is 22.4 Å². The van der Waals surface area contributed by atoms with Crippen LogP contribution >= 0.6 is 0 Å². The maximum Gasteiger partial charge on any atom is 0.205 e. The molecule has 7 rings (SSSR count). The number of aromatic nitrogens is 5. The third-order valence-corrected chi connectivity index (χ3v) is 7.26. The summed E-state index contributed by atoms with van der Waals surface area (Å²) in [6, 6.07) is 35.5. The van der Waals surface area contributed by atoms with E-state index in [9.17, 15) is 0 Å². The number of nitrogens with zero attached hydrogens (tertiary/aromatic N) is 4. The zero-order chi connectivity index (χ0) is 26.0. The highest BCUT2D eigenvalue weighted by Gasteiger charge is 2.26. The van der Waals surface area contributed by atoms with Crippen molar-refractivity contribution < 1.29 is 4.74 Å². The molecule has 190 valence electrons. The second-order valence-corrected chi connectivity index (χ2v) is 9.69. The highest BCUT2D eigenvalue weighted by molar-refractivity contribution is 5.86. The number of rotatable bonds is 5. The summed E-state index contributed by atoms with van der Waals surface area (Å²) in [5.41, 5.74) is 7.24. The second kappa shape index (κ2) is 10.0. The minimum absolute atomic E-state index is 0.200. The third-order valence-electron chi connectivity index (χ3n) is 7.26. The molecule has 0 fully saturated rings. The number of fused-ring (bicyclic) bond motifs is 2. The molecule has 0 saturated heterocycles. The smallest absolute Gasteiger partial charge is 0.205 e. The van der Waals surface area contributed by atoms with Gasteiger partial charge in [0.2, 0.25) is 5.82 Å². The predicted octanol–water partition coefficient (Wildman–Crippen LogP) is 7.13. The van der Waals surface area contributed by atoms with Crippen molar-refractivity contribution in [1.29, 1.82) is 0 Å². The van der Waals surface area contributed by atoms with Gasteiger partial charge < -0.3 is 10.1 Å². The van der Waals surface area contributed by atoms with Gasteiger partial charge in [0.1, 0.15) is 11.6 Å². The van der Waals surface area contributed by atoms with Crippen LogP contribution in [0.25, 0.3) is 33.4 Å². The Balaban J connectivity index is 1.42. The van der Waals surface area contributed by atoms with Crippen LogP contribution in [-0.2, 0) is 0 Å². The van der Waals surface area contributed by atoms with Gasteiger partial charge in [0.05, 0.1) is 17.8 Å². The van der Waals surface area contributed by atoms with Crippen LogP contribution < -0.4 is 10.1 Å². The topological polar surface area (TPSA) is 88.6 Å². The lowest BCUT2D eigenvalue weighted by Gasteiger charge is -2.22. The summed E-state index contributed by atoms with van der Waals surface area (Å²) in [6.45, 7) is 0.662. The largest absolute Gasteiger partial charge is 0.491 e. The first-order chi connectivity index (χ1) is 19.3. The Kier molecular flexibility index (Phi) is 5.94. The molecule has 2 N–H and O–H groups in total. The highest BCUT2D eigenvalue weighted by atomic mass is 16.5. The summed E-state index contributed by atoms with van der Waals surface area (Å²) in [5.74, 6) is 2.40. The van der Waals surface area contributed by atoms with E-state index < -0.39 is 0 Å². The van der Waals surface area contributed by atoms with E-state index >= 15 is 0 Å². The Morgan fingerprint density at radius 1 is 0.821 bits per heavy atom. The molecule has 1 aliphatic heterocycles.